The van der Waals surface area contributed by atoms with E-state index in [0.29, 0.717) is 19.4 Å². The third-order valence-electron chi connectivity index (χ3n) is 2.91. The first-order chi connectivity index (χ1) is 9.63. The van der Waals surface area contributed by atoms with E-state index in [2.05, 4.69) is 20.1 Å². The van der Waals surface area contributed by atoms with Crippen LogP contribution in [0, 0.1) is 0 Å². The van der Waals surface area contributed by atoms with Crippen molar-refractivity contribution in [2.24, 2.45) is 0 Å². The van der Waals surface area contributed by atoms with Gasteiger partial charge in [-0.1, -0.05) is 39.3 Å². The lowest BCUT2D eigenvalue weighted by Gasteiger charge is -2.17. The molecule has 0 aromatic rings. The maximum absolute atomic E-state index is 11.3. The van der Waals surface area contributed by atoms with Crippen LogP contribution in [0.1, 0.15) is 51.9 Å². The number of esters is 2. The third-order valence-corrected chi connectivity index (χ3v) is 2.91. The maximum Gasteiger partial charge on any atom is 0.330 e. The van der Waals surface area contributed by atoms with E-state index in [4.69, 9.17) is 9.47 Å². The summed E-state index contributed by atoms with van der Waals surface area (Å²) in [5.41, 5.74) is 0. The number of hydrogen-bond donors (Lipinski definition) is 0. The van der Waals surface area contributed by atoms with Crippen LogP contribution in [0.25, 0.3) is 0 Å². The van der Waals surface area contributed by atoms with Gasteiger partial charge in [-0.2, -0.15) is 0 Å². The van der Waals surface area contributed by atoms with Gasteiger partial charge in [0, 0.05) is 12.2 Å². The van der Waals surface area contributed by atoms with Crippen molar-refractivity contribution in [3.63, 3.8) is 0 Å². The summed E-state index contributed by atoms with van der Waals surface area (Å²) in [6.07, 6.45) is 8.94. The summed E-state index contributed by atoms with van der Waals surface area (Å²) in [4.78, 5) is 22.1. The molecule has 0 fully saturated rings. The highest BCUT2D eigenvalue weighted by atomic mass is 16.5. The highest BCUT2D eigenvalue weighted by molar-refractivity contribution is 5.81. The van der Waals surface area contributed by atoms with Crippen molar-refractivity contribution in [3.8, 4) is 0 Å². The molecule has 0 spiro atoms. The Balaban J connectivity index is 3.96. The second-order valence-corrected chi connectivity index (χ2v) is 4.63. The summed E-state index contributed by atoms with van der Waals surface area (Å²) in [5, 5.41) is 0. The fourth-order valence-corrected chi connectivity index (χ4v) is 1.82. The summed E-state index contributed by atoms with van der Waals surface area (Å²) >= 11 is 0. The molecule has 1 unspecified atom stereocenters. The van der Waals surface area contributed by atoms with Gasteiger partial charge in [-0.25, -0.2) is 9.59 Å². The molecule has 0 aromatic heterocycles. The quantitative estimate of drug-likeness (QED) is 0.312. The molecule has 0 saturated carbocycles. The van der Waals surface area contributed by atoms with Crippen molar-refractivity contribution in [2.75, 3.05) is 6.61 Å². The molecule has 0 heterocycles. The van der Waals surface area contributed by atoms with E-state index in [1.165, 1.54) is 18.9 Å². The van der Waals surface area contributed by atoms with Crippen LogP contribution in [0.15, 0.2) is 25.3 Å². The van der Waals surface area contributed by atoms with Crippen molar-refractivity contribution in [1.29, 1.82) is 0 Å². The smallest absolute Gasteiger partial charge is 0.330 e. The normalized spacial score (nSPS) is 11.4. The molecule has 4 nitrogen and oxygen atoms in total. The number of carbonyl (C=O) groups excluding carboxylic acids is 2. The number of carbonyl (C=O) groups is 2. The van der Waals surface area contributed by atoms with Gasteiger partial charge in [0.2, 0.25) is 0 Å². The molecular weight excluding hydrogens is 256 g/mol. The monoisotopic (exact) mass is 282 g/mol. The van der Waals surface area contributed by atoms with Crippen molar-refractivity contribution < 1.29 is 19.1 Å². The predicted molar refractivity (Wildman–Crippen MR) is 79.2 cm³/mol. The van der Waals surface area contributed by atoms with Crippen molar-refractivity contribution in [3.05, 3.63) is 25.3 Å². The van der Waals surface area contributed by atoms with Crippen LogP contribution in [0.3, 0.4) is 0 Å². The standard InChI is InChI=1S/C16H26O4/c1-4-7-8-9-11-14(20-16(18)6-3)12-10-13-19-15(17)5-2/h5-6,14H,2-4,7-13H2,1H3. The Kier molecular flexibility index (Phi) is 11.5. The maximum atomic E-state index is 11.3. The Hall–Kier alpha value is -1.58. The van der Waals surface area contributed by atoms with Gasteiger partial charge in [-0.15, -0.1) is 0 Å². The van der Waals surface area contributed by atoms with Gasteiger partial charge in [0.25, 0.3) is 0 Å². The molecule has 1 atom stereocenters. The summed E-state index contributed by atoms with van der Waals surface area (Å²) in [7, 11) is 0. The number of rotatable bonds is 12. The van der Waals surface area contributed by atoms with E-state index < -0.39 is 11.9 Å². The predicted octanol–water partition coefficient (Wildman–Crippen LogP) is 3.56. The van der Waals surface area contributed by atoms with Gasteiger partial charge in [-0.05, 0) is 25.7 Å². The van der Waals surface area contributed by atoms with Crippen LogP contribution < -0.4 is 0 Å². The second kappa shape index (κ2) is 12.5. The first-order valence-corrected chi connectivity index (χ1v) is 7.26. The van der Waals surface area contributed by atoms with Crippen LogP contribution in [0.5, 0.6) is 0 Å². The van der Waals surface area contributed by atoms with E-state index in [0.717, 1.165) is 25.3 Å². The molecule has 0 saturated heterocycles. The summed E-state index contributed by atoms with van der Waals surface area (Å²) < 4.78 is 10.2. The van der Waals surface area contributed by atoms with Gasteiger partial charge in [-0.3, -0.25) is 0 Å². The highest BCUT2D eigenvalue weighted by Gasteiger charge is 2.12. The Morgan fingerprint density at radius 2 is 1.65 bits per heavy atom. The Labute approximate surface area is 121 Å². The fourth-order valence-electron chi connectivity index (χ4n) is 1.82. The van der Waals surface area contributed by atoms with Crippen LogP contribution in [-0.2, 0) is 19.1 Å². The largest absolute Gasteiger partial charge is 0.463 e. The zero-order chi connectivity index (χ0) is 15.2. The van der Waals surface area contributed by atoms with E-state index >= 15 is 0 Å². The number of ether oxygens (including phenoxy) is 2. The molecule has 0 N–H and O–H groups in total. The minimum atomic E-state index is -0.424. The fraction of sp³-hybridized carbons (Fsp3) is 0.625. The molecule has 114 valence electrons. The zero-order valence-electron chi connectivity index (χ0n) is 12.4. The topological polar surface area (TPSA) is 52.6 Å². The molecule has 0 aliphatic rings. The molecule has 0 radical (unpaired) electrons. The Bertz CT molecular complexity index is 310. The average molecular weight is 282 g/mol. The van der Waals surface area contributed by atoms with Crippen LogP contribution in [0.2, 0.25) is 0 Å². The minimum absolute atomic E-state index is 0.125. The molecular formula is C16H26O4. The molecule has 4 heteroatoms. The van der Waals surface area contributed by atoms with Gasteiger partial charge in [0.15, 0.2) is 0 Å². The molecule has 0 aliphatic carbocycles. The Morgan fingerprint density at radius 1 is 1.00 bits per heavy atom. The number of hydrogen-bond acceptors (Lipinski definition) is 4. The lowest BCUT2D eigenvalue weighted by atomic mass is 10.1. The van der Waals surface area contributed by atoms with Crippen molar-refractivity contribution >= 4 is 11.9 Å². The first-order valence-electron chi connectivity index (χ1n) is 7.26. The first kappa shape index (κ1) is 18.4. The van der Waals surface area contributed by atoms with Crippen LogP contribution in [-0.4, -0.2) is 24.6 Å². The second-order valence-electron chi connectivity index (χ2n) is 4.63. The van der Waals surface area contributed by atoms with Gasteiger partial charge in [0.05, 0.1) is 6.61 Å². The van der Waals surface area contributed by atoms with Gasteiger partial charge < -0.3 is 9.47 Å². The summed E-state index contributed by atoms with van der Waals surface area (Å²) in [6, 6.07) is 0. The van der Waals surface area contributed by atoms with E-state index in [1.54, 1.807) is 0 Å². The molecule has 0 aromatic carbocycles. The minimum Gasteiger partial charge on any atom is -0.463 e. The van der Waals surface area contributed by atoms with E-state index in [-0.39, 0.29) is 6.10 Å². The molecule has 0 aliphatic heterocycles. The zero-order valence-corrected chi connectivity index (χ0v) is 12.4. The summed E-state index contributed by atoms with van der Waals surface area (Å²) in [6.45, 7) is 9.20. The van der Waals surface area contributed by atoms with Crippen molar-refractivity contribution in [2.45, 2.75) is 58.0 Å². The molecule has 0 rings (SSSR count). The van der Waals surface area contributed by atoms with Gasteiger partial charge >= 0.3 is 11.9 Å². The van der Waals surface area contributed by atoms with E-state index in [9.17, 15) is 9.59 Å². The van der Waals surface area contributed by atoms with Crippen LogP contribution in [0.4, 0.5) is 0 Å². The lowest BCUT2D eigenvalue weighted by molar-refractivity contribution is -0.145. The summed E-state index contributed by atoms with van der Waals surface area (Å²) in [5.74, 6) is -0.818. The molecule has 20 heavy (non-hydrogen) atoms. The Morgan fingerprint density at radius 3 is 2.25 bits per heavy atom. The van der Waals surface area contributed by atoms with Crippen LogP contribution >= 0.6 is 0 Å². The van der Waals surface area contributed by atoms with E-state index in [1.807, 2.05) is 0 Å². The third kappa shape index (κ3) is 10.4. The average Bonchev–Trinajstić information content (AvgIpc) is 2.46. The lowest BCUT2D eigenvalue weighted by Crippen LogP contribution is -2.18. The van der Waals surface area contributed by atoms with Crippen molar-refractivity contribution in [1.82, 2.24) is 0 Å². The molecule has 0 bridgehead atoms. The van der Waals surface area contributed by atoms with Gasteiger partial charge in [0.1, 0.15) is 6.10 Å². The highest BCUT2D eigenvalue weighted by Crippen LogP contribution is 2.13. The SMILES string of the molecule is C=CC(=O)OCCCC(CCCCCC)OC(=O)C=C. The number of unbranched alkanes of at least 4 members (excludes halogenated alkanes) is 3. The molecule has 0 amide bonds.